The molecule has 2 aromatic carbocycles. The maximum Gasteiger partial charge on any atom is 0.333 e. The van der Waals surface area contributed by atoms with E-state index in [0.29, 0.717) is 5.70 Å². The molecule has 2 aromatic rings. The first-order valence-corrected chi connectivity index (χ1v) is 8.36. The van der Waals surface area contributed by atoms with Gasteiger partial charge in [-0.15, -0.1) is 0 Å². The zero-order valence-electron chi connectivity index (χ0n) is 14.1. The summed E-state index contributed by atoms with van der Waals surface area (Å²) in [5, 5.41) is 25.5. The molecule has 0 spiro atoms. The zero-order valence-corrected chi connectivity index (χ0v) is 14.1. The van der Waals surface area contributed by atoms with Crippen LogP contribution in [0.25, 0.3) is 0 Å². The summed E-state index contributed by atoms with van der Waals surface area (Å²) in [5.41, 5.74) is 2.16. The van der Waals surface area contributed by atoms with E-state index >= 15 is 0 Å². The summed E-state index contributed by atoms with van der Waals surface area (Å²) in [6, 6.07) is 17.9. The summed E-state index contributed by atoms with van der Waals surface area (Å²) in [6.07, 6.45) is 0.243. The van der Waals surface area contributed by atoms with E-state index in [1.807, 2.05) is 60.7 Å². The number of carboxylic acid groups (broad SMARTS) is 2. The second-order valence-corrected chi connectivity index (χ2v) is 6.22. The number of rotatable bonds is 6. The summed E-state index contributed by atoms with van der Waals surface area (Å²) in [5.74, 6) is -2.72. The molecule has 1 aliphatic rings. The molecular formula is C20H20N2O4. The van der Waals surface area contributed by atoms with Crippen molar-refractivity contribution in [1.82, 2.24) is 0 Å². The smallest absolute Gasteiger partial charge is 0.333 e. The number of hydrogen-bond donors (Lipinski definition) is 4. The van der Waals surface area contributed by atoms with Crippen LogP contribution in [0.2, 0.25) is 0 Å². The molecule has 0 heterocycles. The molecule has 6 heteroatoms. The molecule has 4 N–H and O–H groups in total. The van der Waals surface area contributed by atoms with Crippen LogP contribution in [0, 0.1) is 5.92 Å². The van der Waals surface area contributed by atoms with Crippen molar-refractivity contribution in [2.45, 2.75) is 18.9 Å². The second kappa shape index (κ2) is 7.74. The molecule has 134 valence electrons. The molecule has 0 saturated carbocycles. The average Bonchev–Trinajstić information content (AvgIpc) is 2.64. The number of carboxylic acids is 2. The van der Waals surface area contributed by atoms with E-state index in [9.17, 15) is 19.8 Å². The van der Waals surface area contributed by atoms with Gasteiger partial charge in [-0.1, -0.05) is 36.4 Å². The Bertz CT molecular complexity index is 818. The van der Waals surface area contributed by atoms with Crippen LogP contribution in [0.15, 0.2) is 71.9 Å². The molecule has 2 unspecified atom stereocenters. The average molecular weight is 352 g/mol. The van der Waals surface area contributed by atoms with E-state index in [1.165, 1.54) is 0 Å². The lowest BCUT2D eigenvalue weighted by atomic mass is 9.82. The van der Waals surface area contributed by atoms with Crippen molar-refractivity contribution in [3.8, 4) is 0 Å². The Morgan fingerprint density at radius 3 is 1.96 bits per heavy atom. The van der Waals surface area contributed by atoms with Crippen molar-refractivity contribution < 1.29 is 19.8 Å². The van der Waals surface area contributed by atoms with Crippen LogP contribution in [-0.4, -0.2) is 28.2 Å². The Labute approximate surface area is 151 Å². The van der Waals surface area contributed by atoms with Gasteiger partial charge in [0, 0.05) is 36.0 Å². The highest BCUT2D eigenvalue weighted by molar-refractivity contribution is 5.89. The molecular weight excluding hydrogens is 332 g/mol. The number of hydrogen-bond acceptors (Lipinski definition) is 4. The highest BCUT2D eigenvalue weighted by Gasteiger charge is 2.37. The van der Waals surface area contributed by atoms with Gasteiger partial charge >= 0.3 is 11.9 Å². The molecule has 0 saturated heterocycles. The van der Waals surface area contributed by atoms with E-state index in [4.69, 9.17) is 0 Å². The normalized spacial score (nSPS) is 19.7. The van der Waals surface area contributed by atoms with E-state index in [1.54, 1.807) is 0 Å². The quantitative estimate of drug-likeness (QED) is 0.636. The first-order valence-electron chi connectivity index (χ1n) is 8.36. The van der Waals surface area contributed by atoms with Gasteiger partial charge in [0.1, 0.15) is 0 Å². The summed E-state index contributed by atoms with van der Waals surface area (Å²) in [4.78, 5) is 23.5. The lowest BCUT2D eigenvalue weighted by Gasteiger charge is -2.32. The van der Waals surface area contributed by atoms with Crippen molar-refractivity contribution in [3.63, 3.8) is 0 Å². The number of para-hydroxylation sites is 2. The number of carbonyl (C=O) groups is 2. The molecule has 2 atom stereocenters. The molecule has 0 amide bonds. The van der Waals surface area contributed by atoms with E-state index in [2.05, 4.69) is 10.6 Å². The molecule has 0 fully saturated rings. The maximum atomic E-state index is 11.8. The number of benzene rings is 2. The minimum atomic E-state index is -1.04. The molecule has 0 radical (unpaired) electrons. The SMILES string of the molecule is O=C(O)C1=C(Nc2ccccc2)CC(C(=O)O)C(Nc2ccccc2)C1. The summed E-state index contributed by atoms with van der Waals surface area (Å²) >= 11 is 0. The Morgan fingerprint density at radius 2 is 1.42 bits per heavy atom. The standard InChI is InChI=1S/C20H20N2O4/c23-19(24)15-12-18(22-14-9-5-2-6-10-14)16(20(25)26)11-17(15)21-13-7-3-1-4-8-13/h1-10,15,17,21-22H,11-12H2,(H,23,24)(H,25,26). The third kappa shape index (κ3) is 4.03. The van der Waals surface area contributed by atoms with Gasteiger partial charge in [-0.25, -0.2) is 4.79 Å². The third-order valence-electron chi connectivity index (χ3n) is 4.47. The van der Waals surface area contributed by atoms with Crippen molar-refractivity contribution in [3.05, 3.63) is 71.9 Å². The molecule has 26 heavy (non-hydrogen) atoms. The number of nitrogens with one attached hydrogen (secondary N) is 2. The largest absolute Gasteiger partial charge is 0.481 e. The summed E-state index contributed by atoms with van der Waals surface area (Å²) in [7, 11) is 0. The molecule has 1 aliphatic carbocycles. The lowest BCUT2D eigenvalue weighted by molar-refractivity contribution is -0.143. The van der Waals surface area contributed by atoms with Gasteiger partial charge in [-0.2, -0.15) is 0 Å². The molecule has 6 nitrogen and oxygen atoms in total. The van der Waals surface area contributed by atoms with Crippen LogP contribution >= 0.6 is 0 Å². The maximum absolute atomic E-state index is 11.8. The minimum absolute atomic E-state index is 0.121. The summed E-state index contributed by atoms with van der Waals surface area (Å²) < 4.78 is 0. The Morgan fingerprint density at radius 1 is 0.846 bits per heavy atom. The fourth-order valence-corrected chi connectivity index (χ4v) is 3.17. The predicted octanol–water partition coefficient (Wildman–Crippen LogP) is 3.41. The van der Waals surface area contributed by atoms with Crippen LogP contribution in [0.5, 0.6) is 0 Å². The van der Waals surface area contributed by atoms with E-state index in [0.717, 1.165) is 11.4 Å². The van der Waals surface area contributed by atoms with Crippen LogP contribution in [0.3, 0.4) is 0 Å². The monoisotopic (exact) mass is 352 g/mol. The number of anilines is 2. The van der Waals surface area contributed by atoms with Crippen molar-refractivity contribution in [2.75, 3.05) is 10.6 Å². The molecule has 3 rings (SSSR count). The highest BCUT2D eigenvalue weighted by atomic mass is 16.4. The second-order valence-electron chi connectivity index (χ2n) is 6.22. The molecule has 0 bridgehead atoms. The third-order valence-corrected chi connectivity index (χ3v) is 4.47. The van der Waals surface area contributed by atoms with Crippen molar-refractivity contribution in [2.24, 2.45) is 5.92 Å². The van der Waals surface area contributed by atoms with Gasteiger partial charge in [0.05, 0.1) is 11.5 Å². The lowest BCUT2D eigenvalue weighted by Crippen LogP contribution is -2.40. The Hall–Kier alpha value is -3.28. The fourth-order valence-electron chi connectivity index (χ4n) is 3.17. The minimum Gasteiger partial charge on any atom is -0.481 e. The molecule has 0 aromatic heterocycles. The van der Waals surface area contributed by atoms with Crippen LogP contribution in [0.4, 0.5) is 11.4 Å². The molecule has 0 aliphatic heterocycles. The van der Waals surface area contributed by atoms with Gasteiger partial charge in [-0.3, -0.25) is 4.79 Å². The van der Waals surface area contributed by atoms with E-state index in [-0.39, 0.29) is 18.4 Å². The topological polar surface area (TPSA) is 98.7 Å². The Balaban J connectivity index is 1.89. The zero-order chi connectivity index (χ0) is 18.5. The Kier molecular flexibility index (Phi) is 5.22. The van der Waals surface area contributed by atoms with Gasteiger partial charge in [0.2, 0.25) is 0 Å². The van der Waals surface area contributed by atoms with E-state index < -0.39 is 23.9 Å². The fraction of sp³-hybridized carbons (Fsp3) is 0.200. The predicted molar refractivity (Wildman–Crippen MR) is 98.9 cm³/mol. The van der Waals surface area contributed by atoms with Gasteiger partial charge in [0.25, 0.3) is 0 Å². The number of allylic oxidation sites excluding steroid dienone is 1. The van der Waals surface area contributed by atoms with Crippen molar-refractivity contribution in [1.29, 1.82) is 0 Å². The first-order chi connectivity index (χ1) is 12.5. The van der Waals surface area contributed by atoms with Crippen LogP contribution in [-0.2, 0) is 9.59 Å². The van der Waals surface area contributed by atoms with Crippen molar-refractivity contribution >= 4 is 23.3 Å². The van der Waals surface area contributed by atoms with Crippen LogP contribution in [0.1, 0.15) is 12.8 Å². The van der Waals surface area contributed by atoms with Gasteiger partial charge in [-0.05, 0) is 24.3 Å². The van der Waals surface area contributed by atoms with Gasteiger partial charge < -0.3 is 20.8 Å². The van der Waals surface area contributed by atoms with Gasteiger partial charge in [0.15, 0.2) is 0 Å². The first kappa shape index (κ1) is 17.5. The summed E-state index contributed by atoms with van der Waals surface area (Å²) in [6.45, 7) is 0. The highest BCUT2D eigenvalue weighted by Crippen LogP contribution is 2.33. The van der Waals surface area contributed by atoms with Crippen LogP contribution < -0.4 is 10.6 Å². The number of aliphatic carboxylic acids is 2.